The number of nitrogen functional groups attached to an aromatic ring is 1. The van der Waals surface area contributed by atoms with Crippen molar-refractivity contribution in [3.05, 3.63) is 72.3 Å². The lowest BCUT2D eigenvalue weighted by Crippen LogP contribution is -2.01. The van der Waals surface area contributed by atoms with Crippen LogP contribution in [-0.4, -0.2) is 9.55 Å². The number of imidazole rings is 1. The molecule has 20 heavy (non-hydrogen) atoms. The van der Waals surface area contributed by atoms with Gasteiger partial charge in [-0.15, -0.1) is 0 Å². The molecule has 4 heteroatoms. The fourth-order valence-corrected chi connectivity index (χ4v) is 2.12. The molecule has 0 amide bonds. The molecule has 2 aromatic carbocycles. The third-order valence-electron chi connectivity index (χ3n) is 3.15. The maximum Gasteiger partial charge on any atom is 0.140 e. The highest BCUT2D eigenvalue weighted by Crippen LogP contribution is 2.19. The van der Waals surface area contributed by atoms with Crippen molar-refractivity contribution in [1.29, 1.82) is 0 Å². The van der Waals surface area contributed by atoms with Gasteiger partial charge in [-0.2, -0.15) is 0 Å². The van der Waals surface area contributed by atoms with Crippen LogP contribution in [0.25, 0.3) is 11.4 Å². The van der Waals surface area contributed by atoms with Crippen LogP contribution in [0.1, 0.15) is 5.56 Å². The van der Waals surface area contributed by atoms with E-state index in [0.29, 0.717) is 6.54 Å². The van der Waals surface area contributed by atoms with Crippen molar-refractivity contribution < 1.29 is 4.39 Å². The van der Waals surface area contributed by atoms with Crippen molar-refractivity contribution in [2.75, 3.05) is 5.73 Å². The molecule has 0 radical (unpaired) electrons. The minimum absolute atomic E-state index is 0.245. The first-order valence-corrected chi connectivity index (χ1v) is 6.34. The molecule has 3 aromatic rings. The van der Waals surface area contributed by atoms with Crippen LogP contribution >= 0.6 is 0 Å². The summed E-state index contributed by atoms with van der Waals surface area (Å²) < 4.78 is 15.0. The van der Waals surface area contributed by atoms with Crippen molar-refractivity contribution in [3.8, 4) is 11.4 Å². The van der Waals surface area contributed by atoms with Gasteiger partial charge in [0.25, 0.3) is 0 Å². The second-order valence-electron chi connectivity index (χ2n) is 4.63. The fourth-order valence-electron chi connectivity index (χ4n) is 2.12. The number of nitrogens with two attached hydrogens (primary N) is 1. The van der Waals surface area contributed by atoms with Gasteiger partial charge in [0.15, 0.2) is 0 Å². The average molecular weight is 267 g/mol. The zero-order valence-electron chi connectivity index (χ0n) is 10.8. The minimum Gasteiger partial charge on any atom is -0.399 e. The normalized spacial score (nSPS) is 10.7. The SMILES string of the molecule is Nc1ccc(Cn2ccnc2-c2ccc(F)cc2)cc1. The molecular formula is C16H14FN3. The lowest BCUT2D eigenvalue weighted by molar-refractivity contribution is 0.628. The molecular weight excluding hydrogens is 253 g/mol. The fraction of sp³-hybridized carbons (Fsp3) is 0.0625. The minimum atomic E-state index is -0.245. The molecule has 3 rings (SSSR count). The molecule has 2 N–H and O–H groups in total. The van der Waals surface area contributed by atoms with E-state index in [9.17, 15) is 4.39 Å². The Hall–Kier alpha value is -2.62. The van der Waals surface area contributed by atoms with E-state index < -0.39 is 0 Å². The highest BCUT2D eigenvalue weighted by molar-refractivity contribution is 5.55. The van der Waals surface area contributed by atoms with Gasteiger partial charge < -0.3 is 10.3 Å². The Morgan fingerprint density at radius 3 is 2.40 bits per heavy atom. The summed E-state index contributed by atoms with van der Waals surface area (Å²) in [6.45, 7) is 0.701. The average Bonchev–Trinajstić information content (AvgIpc) is 2.90. The van der Waals surface area contributed by atoms with E-state index >= 15 is 0 Å². The Balaban J connectivity index is 1.90. The van der Waals surface area contributed by atoms with Gasteiger partial charge in [0.05, 0.1) is 0 Å². The number of hydrogen-bond acceptors (Lipinski definition) is 2. The summed E-state index contributed by atoms with van der Waals surface area (Å²) in [5, 5.41) is 0. The van der Waals surface area contributed by atoms with Crippen LogP contribution in [0, 0.1) is 5.82 Å². The molecule has 0 aliphatic rings. The van der Waals surface area contributed by atoms with Gasteiger partial charge in [-0.05, 0) is 42.0 Å². The van der Waals surface area contributed by atoms with Crippen LogP contribution in [0.15, 0.2) is 60.9 Å². The van der Waals surface area contributed by atoms with E-state index in [-0.39, 0.29) is 5.82 Å². The van der Waals surface area contributed by atoms with Gasteiger partial charge in [-0.25, -0.2) is 9.37 Å². The molecule has 1 aromatic heterocycles. The first-order chi connectivity index (χ1) is 9.72. The molecule has 0 fully saturated rings. The number of nitrogens with zero attached hydrogens (tertiary/aromatic N) is 2. The Morgan fingerprint density at radius 1 is 1.00 bits per heavy atom. The maximum absolute atomic E-state index is 13.0. The molecule has 1 heterocycles. The van der Waals surface area contributed by atoms with Crippen molar-refractivity contribution in [2.24, 2.45) is 0 Å². The highest BCUT2D eigenvalue weighted by Gasteiger charge is 2.06. The molecule has 0 unspecified atom stereocenters. The topological polar surface area (TPSA) is 43.8 Å². The lowest BCUT2D eigenvalue weighted by Gasteiger charge is -2.08. The maximum atomic E-state index is 13.0. The molecule has 0 spiro atoms. The number of benzene rings is 2. The van der Waals surface area contributed by atoms with Crippen molar-refractivity contribution in [1.82, 2.24) is 9.55 Å². The Kier molecular flexibility index (Phi) is 3.21. The first kappa shape index (κ1) is 12.4. The van der Waals surface area contributed by atoms with Gasteiger partial charge in [-0.3, -0.25) is 0 Å². The van der Waals surface area contributed by atoms with Crippen LogP contribution in [0.4, 0.5) is 10.1 Å². The zero-order chi connectivity index (χ0) is 13.9. The van der Waals surface area contributed by atoms with E-state index in [1.165, 1.54) is 12.1 Å². The molecule has 0 saturated heterocycles. The van der Waals surface area contributed by atoms with Gasteiger partial charge in [0, 0.05) is 30.2 Å². The second-order valence-corrected chi connectivity index (χ2v) is 4.63. The Morgan fingerprint density at radius 2 is 1.70 bits per heavy atom. The lowest BCUT2D eigenvalue weighted by atomic mass is 10.2. The molecule has 3 nitrogen and oxygen atoms in total. The summed E-state index contributed by atoms with van der Waals surface area (Å²) >= 11 is 0. The Labute approximate surface area is 116 Å². The van der Waals surface area contributed by atoms with Crippen LogP contribution < -0.4 is 5.73 Å². The van der Waals surface area contributed by atoms with Gasteiger partial charge >= 0.3 is 0 Å². The summed E-state index contributed by atoms with van der Waals surface area (Å²) in [5.41, 5.74) is 8.46. The summed E-state index contributed by atoms with van der Waals surface area (Å²) in [5.74, 6) is 0.576. The quantitative estimate of drug-likeness (QED) is 0.740. The van der Waals surface area contributed by atoms with E-state index in [4.69, 9.17) is 5.73 Å². The van der Waals surface area contributed by atoms with E-state index in [1.54, 1.807) is 18.3 Å². The molecule has 100 valence electrons. The third-order valence-corrected chi connectivity index (χ3v) is 3.15. The van der Waals surface area contributed by atoms with Gasteiger partial charge in [0.2, 0.25) is 0 Å². The number of anilines is 1. The standard InChI is InChI=1S/C16H14FN3/c17-14-5-3-13(4-6-14)16-19-9-10-20(16)11-12-1-7-15(18)8-2-12/h1-10H,11,18H2. The van der Waals surface area contributed by atoms with E-state index in [2.05, 4.69) is 4.98 Å². The first-order valence-electron chi connectivity index (χ1n) is 6.34. The molecule has 0 saturated carbocycles. The largest absolute Gasteiger partial charge is 0.399 e. The van der Waals surface area contributed by atoms with Crippen molar-refractivity contribution in [3.63, 3.8) is 0 Å². The predicted octanol–water partition coefficient (Wildman–Crippen LogP) is 3.32. The summed E-state index contributed by atoms with van der Waals surface area (Å²) in [6, 6.07) is 14.1. The number of hydrogen-bond donors (Lipinski definition) is 1. The third kappa shape index (κ3) is 2.54. The van der Waals surface area contributed by atoms with Crippen LogP contribution in [0.3, 0.4) is 0 Å². The zero-order valence-corrected chi connectivity index (χ0v) is 10.8. The van der Waals surface area contributed by atoms with Crippen molar-refractivity contribution >= 4 is 5.69 Å². The smallest absolute Gasteiger partial charge is 0.140 e. The summed E-state index contributed by atoms with van der Waals surface area (Å²) in [6.07, 6.45) is 3.66. The molecule has 0 atom stereocenters. The van der Waals surface area contributed by atoms with Crippen LogP contribution in [-0.2, 0) is 6.54 Å². The molecule has 0 aliphatic carbocycles. The number of aromatic nitrogens is 2. The van der Waals surface area contributed by atoms with E-state index in [1.807, 2.05) is 35.0 Å². The Bertz CT molecular complexity index is 699. The molecule has 0 bridgehead atoms. The highest BCUT2D eigenvalue weighted by atomic mass is 19.1. The summed E-state index contributed by atoms with van der Waals surface area (Å²) in [4.78, 5) is 4.35. The second kappa shape index (κ2) is 5.17. The van der Waals surface area contributed by atoms with Gasteiger partial charge in [-0.1, -0.05) is 12.1 Å². The van der Waals surface area contributed by atoms with Gasteiger partial charge in [0.1, 0.15) is 11.6 Å². The van der Waals surface area contributed by atoms with Crippen molar-refractivity contribution in [2.45, 2.75) is 6.54 Å². The van der Waals surface area contributed by atoms with Crippen LogP contribution in [0.2, 0.25) is 0 Å². The van der Waals surface area contributed by atoms with E-state index in [0.717, 1.165) is 22.6 Å². The number of rotatable bonds is 3. The van der Waals surface area contributed by atoms with Crippen LogP contribution in [0.5, 0.6) is 0 Å². The predicted molar refractivity (Wildman–Crippen MR) is 77.6 cm³/mol. The number of halogens is 1. The molecule has 0 aliphatic heterocycles. The monoisotopic (exact) mass is 267 g/mol. The summed E-state index contributed by atoms with van der Waals surface area (Å²) in [7, 11) is 0.